The molecule has 33 heavy (non-hydrogen) atoms. The van der Waals surface area contributed by atoms with E-state index in [1.54, 1.807) is 13.4 Å². The molecule has 0 saturated carbocycles. The van der Waals surface area contributed by atoms with Gasteiger partial charge in [-0.25, -0.2) is 4.98 Å². The zero-order chi connectivity index (χ0) is 22.8. The SMILES string of the molecule is COc1cc(/C=C2\CCCN(CCc3c[nH]c4ccccc34)C2=O)ccc1-n1cnc(C)c1. The van der Waals surface area contributed by atoms with Crippen molar-refractivity contribution in [3.8, 4) is 11.4 Å². The number of H-pyrrole nitrogens is 1. The Morgan fingerprint density at radius 2 is 2.09 bits per heavy atom. The number of methoxy groups -OCH3 is 1. The molecule has 1 aliphatic rings. The number of nitrogens with one attached hydrogen (secondary N) is 1. The molecule has 0 unspecified atom stereocenters. The molecule has 5 rings (SSSR count). The van der Waals surface area contributed by atoms with Crippen LogP contribution in [0.5, 0.6) is 5.75 Å². The van der Waals surface area contributed by atoms with Crippen molar-refractivity contribution in [3.05, 3.63) is 83.6 Å². The first-order valence-corrected chi connectivity index (χ1v) is 11.4. The molecule has 0 atom stereocenters. The van der Waals surface area contributed by atoms with Crippen molar-refractivity contribution in [1.29, 1.82) is 0 Å². The lowest BCUT2D eigenvalue weighted by Gasteiger charge is -2.28. The summed E-state index contributed by atoms with van der Waals surface area (Å²) in [6.45, 7) is 3.49. The second kappa shape index (κ2) is 8.98. The first-order chi connectivity index (χ1) is 16.1. The maximum Gasteiger partial charge on any atom is 0.249 e. The Morgan fingerprint density at radius 3 is 2.91 bits per heavy atom. The number of hydrogen-bond acceptors (Lipinski definition) is 3. The number of nitrogens with zero attached hydrogens (tertiary/aromatic N) is 3. The Kier molecular flexibility index (Phi) is 5.73. The first-order valence-electron chi connectivity index (χ1n) is 11.4. The summed E-state index contributed by atoms with van der Waals surface area (Å²) >= 11 is 0. The van der Waals surface area contributed by atoms with Gasteiger partial charge in [0.2, 0.25) is 5.91 Å². The van der Waals surface area contributed by atoms with Gasteiger partial charge < -0.3 is 19.2 Å². The van der Waals surface area contributed by atoms with E-state index in [1.807, 2.05) is 52.9 Å². The number of fused-ring (bicyclic) bond motifs is 1. The van der Waals surface area contributed by atoms with E-state index < -0.39 is 0 Å². The highest BCUT2D eigenvalue weighted by molar-refractivity contribution is 5.98. The molecule has 1 N–H and O–H groups in total. The minimum Gasteiger partial charge on any atom is -0.495 e. The number of benzene rings is 2. The average Bonchev–Trinajstić information content (AvgIpc) is 3.45. The lowest BCUT2D eigenvalue weighted by atomic mass is 10.00. The van der Waals surface area contributed by atoms with Crippen molar-refractivity contribution in [3.63, 3.8) is 0 Å². The van der Waals surface area contributed by atoms with Gasteiger partial charge in [-0.05, 0) is 61.6 Å². The van der Waals surface area contributed by atoms with Crippen LogP contribution in [0, 0.1) is 6.92 Å². The van der Waals surface area contributed by atoms with E-state index >= 15 is 0 Å². The molecule has 168 valence electrons. The lowest BCUT2D eigenvalue weighted by molar-refractivity contribution is -0.128. The number of aromatic amines is 1. The van der Waals surface area contributed by atoms with Gasteiger partial charge in [0, 0.05) is 42.0 Å². The van der Waals surface area contributed by atoms with E-state index in [9.17, 15) is 4.79 Å². The minimum absolute atomic E-state index is 0.134. The number of aromatic nitrogens is 3. The Balaban J connectivity index is 1.33. The summed E-state index contributed by atoms with van der Waals surface area (Å²) in [5, 5.41) is 1.23. The molecule has 6 heteroatoms. The van der Waals surface area contributed by atoms with Gasteiger partial charge in [0.05, 0.1) is 24.8 Å². The molecular formula is C27H28N4O2. The zero-order valence-corrected chi connectivity index (χ0v) is 19.0. The van der Waals surface area contributed by atoms with Crippen molar-refractivity contribution in [2.45, 2.75) is 26.2 Å². The molecule has 2 aromatic heterocycles. The van der Waals surface area contributed by atoms with Crippen molar-refractivity contribution >= 4 is 22.9 Å². The molecule has 1 amide bonds. The van der Waals surface area contributed by atoms with E-state index in [2.05, 4.69) is 34.4 Å². The van der Waals surface area contributed by atoms with Gasteiger partial charge in [-0.1, -0.05) is 24.3 Å². The highest BCUT2D eigenvalue weighted by Gasteiger charge is 2.23. The number of rotatable bonds is 6. The van der Waals surface area contributed by atoms with Crippen LogP contribution in [0.4, 0.5) is 0 Å². The molecule has 1 saturated heterocycles. The van der Waals surface area contributed by atoms with Crippen LogP contribution in [-0.4, -0.2) is 45.5 Å². The second-order valence-electron chi connectivity index (χ2n) is 8.53. The number of carbonyl (C=O) groups excluding carboxylic acids is 1. The van der Waals surface area contributed by atoms with Gasteiger partial charge in [0.15, 0.2) is 0 Å². The highest BCUT2D eigenvalue weighted by atomic mass is 16.5. The van der Waals surface area contributed by atoms with Crippen molar-refractivity contribution in [1.82, 2.24) is 19.4 Å². The van der Waals surface area contributed by atoms with Crippen molar-refractivity contribution < 1.29 is 9.53 Å². The third-order valence-electron chi connectivity index (χ3n) is 6.30. The maximum atomic E-state index is 13.2. The Hall–Kier alpha value is -3.80. The van der Waals surface area contributed by atoms with Crippen LogP contribution in [0.3, 0.4) is 0 Å². The van der Waals surface area contributed by atoms with Crippen LogP contribution < -0.4 is 4.74 Å². The van der Waals surface area contributed by atoms with Gasteiger partial charge in [0.1, 0.15) is 5.75 Å². The number of ether oxygens (including phenoxy) is 1. The molecule has 2 aromatic carbocycles. The molecule has 0 bridgehead atoms. The summed E-state index contributed by atoms with van der Waals surface area (Å²) in [6.07, 6.45) is 10.4. The smallest absolute Gasteiger partial charge is 0.249 e. The number of hydrogen-bond donors (Lipinski definition) is 1. The van der Waals surface area contributed by atoms with E-state index in [1.165, 1.54) is 10.9 Å². The van der Waals surface area contributed by atoms with Gasteiger partial charge >= 0.3 is 0 Å². The topological polar surface area (TPSA) is 63.1 Å². The fourth-order valence-corrected chi connectivity index (χ4v) is 4.56. The van der Waals surface area contributed by atoms with Crippen LogP contribution in [0.25, 0.3) is 22.7 Å². The van der Waals surface area contributed by atoms with Crippen LogP contribution in [0.2, 0.25) is 0 Å². The van der Waals surface area contributed by atoms with Crippen LogP contribution in [0.1, 0.15) is 29.7 Å². The summed E-state index contributed by atoms with van der Waals surface area (Å²) < 4.78 is 7.57. The third-order valence-corrected chi connectivity index (χ3v) is 6.30. The van der Waals surface area contributed by atoms with Crippen LogP contribution >= 0.6 is 0 Å². The molecular weight excluding hydrogens is 412 g/mol. The fourth-order valence-electron chi connectivity index (χ4n) is 4.56. The third kappa shape index (κ3) is 4.29. The predicted molar refractivity (Wildman–Crippen MR) is 131 cm³/mol. The average molecular weight is 441 g/mol. The summed E-state index contributed by atoms with van der Waals surface area (Å²) in [5.41, 5.74) is 6.09. The van der Waals surface area contributed by atoms with Crippen LogP contribution in [-0.2, 0) is 11.2 Å². The molecule has 1 aliphatic heterocycles. The summed E-state index contributed by atoms with van der Waals surface area (Å²) in [6, 6.07) is 14.3. The van der Waals surface area contributed by atoms with Crippen molar-refractivity contribution in [2.75, 3.05) is 20.2 Å². The van der Waals surface area contributed by atoms with Gasteiger partial charge in [-0.3, -0.25) is 4.79 Å². The lowest BCUT2D eigenvalue weighted by Crippen LogP contribution is -2.38. The Labute approximate surface area is 193 Å². The normalized spacial score (nSPS) is 15.5. The zero-order valence-electron chi connectivity index (χ0n) is 19.0. The number of carbonyl (C=O) groups is 1. The number of likely N-dealkylation sites (tertiary alicyclic amines) is 1. The highest BCUT2D eigenvalue weighted by Crippen LogP contribution is 2.28. The molecule has 6 nitrogen and oxygen atoms in total. The quantitative estimate of drug-likeness (QED) is 0.433. The van der Waals surface area contributed by atoms with Crippen molar-refractivity contribution in [2.24, 2.45) is 0 Å². The molecule has 0 aliphatic carbocycles. The standard InChI is InChI=1S/C27H28N4O2/c1-19-17-31(18-29-19)25-10-9-20(15-26(25)33-2)14-21-6-5-12-30(27(21)32)13-11-22-16-28-24-8-4-3-7-23(22)24/h3-4,7-10,14-18,28H,5-6,11-13H2,1-2H3/b21-14+. The summed E-state index contributed by atoms with van der Waals surface area (Å²) in [7, 11) is 1.66. The Bertz CT molecular complexity index is 1330. The fraction of sp³-hybridized carbons (Fsp3) is 0.259. The molecule has 0 spiro atoms. The minimum atomic E-state index is 0.134. The number of aryl methyl sites for hydroxylation is 1. The number of para-hydroxylation sites is 1. The second-order valence-corrected chi connectivity index (χ2v) is 8.53. The first kappa shape index (κ1) is 21.1. The largest absolute Gasteiger partial charge is 0.495 e. The summed E-state index contributed by atoms with van der Waals surface area (Å²) in [5.74, 6) is 0.885. The molecule has 1 fully saturated rings. The van der Waals surface area contributed by atoms with E-state index in [-0.39, 0.29) is 5.91 Å². The van der Waals surface area contributed by atoms with E-state index in [0.29, 0.717) is 0 Å². The van der Waals surface area contributed by atoms with E-state index in [4.69, 9.17) is 4.74 Å². The molecule has 4 aromatic rings. The van der Waals surface area contributed by atoms with Gasteiger partial charge in [0.25, 0.3) is 0 Å². The summed E-state index contributed by atoms with van der Waals surface area (Å²) in [4.78, 5) is 22.8. The van der Waals surface area contributed by atoms with Crippen LogP contribution in [0.15, 0.2) is 66.8 Å². The number of amides is 1. The molecule has 0 radical (unpaired) electrons. The number of imidazole rings is 1. The van der Waals surface area contributed by atoms with Gasteiger partial charge in [-0.15, -0.1) is 0 Å². The van der Waals surface area contributed by atoms with Gasteiger partial charge in [-0.2, -0.15) is 0 Å². The molecule has 3 heterocycles. The van der Waals surface area contributed by atoms with E-state index in [0.717, 1.165) is 66.1 Å². The maximum absolute atomic E-state index is 13.2. The monoisotopic (exact) mass is 440 g/mol. The predicted octanol–water partition coefficient (Wildman–Crippen LogP) is 4.92. The Morgan fingerprint density at radius 1 is 1.21 bits per heavy atom. The number of piperidine rings is 1.